The molecule has 0 aliphatic carbocycles. The van der Waals surface area contributed by atoms with Gasteiger partial charge in [0.15, 0.2) is 11.6 Å². The lowest BCUT2D eigenvalue weighted by Gasteiger charge is -2.10. The minimum atomic E-state index is -4.65. The van der Waals surface area contributed by atoms with Crippen LogP contribution in [0, 0.1) is 11.6 Å². The van der Waals surface area contributed by atoms with Gasteiger partial charge in [0.05, 0.1) is 0 Å². The number of hydrogen-bond acceptors (Lipinski definition) is 2. The number of alkyl halides is 3. The van der Waals surface area contributed by atoms with E-state index in [0.717, 1.165) is 30.3 Å². The molecule has 20 heavy (non-hydrogen) atoms. The topological polar surface area (TPSA) is 22.1 Å². The first-order valence-electron chi connectivity index (χ1n) is 5.14. The van der Waals surface area contributed by atoms with Crippen LogP contribution in [-0.4, -0.2) is 4.98 Å². The Bertz CT molecular complexity index is 644. The highest BCUT2D eigenvalue weighted by atomic mass is 79.9. The summed E-state index contributed by atoms with van der Waals surface area (Å²) in [7, 11) is 0. The van der Waals surface area contributed by atoms with Gasteiger partial charge in [-0.05, 0) is 18.2 Å². The Balaban J connectivity index is 2.36. The zero-order valence-corrected chi connectivity index (χ0v) is 11.1. The van der Waals surface area contributed by atoms with Crippen LogP contribution in [-0.2, 0) is 6.18 Å². The quantitative estimate of drug-likeness (QED) is 0.563. The molecule has 0 saturated carbocycles. The maximum absolute atomic E-state index is 13.4. The van der Waals surface area contributed by atoms with E-state index in [1.807, 2.05) is 0 Å². The molecule has 2 rings (SSSR count). The Morgan fingerprint density at radius 1 is 1.10 bits per heavy atom. The molecule has 0 radical (unpaired) electrons. The van der Waals surface area contributed by atoms with Crippen LogP contribution >= 0.6 is 15.9 Å². The molecule has 1 aromatic carbocycles. The minimum Gasteiger partial charge on any atom is -0.436 e. The van der Waals surface area contributed by atoms with E-state index in [1.165, 1.54) is 0 Å². The second-order valence-corrected chi connectivity index (χ2v) is 4.58. The van der Waals surface area contributed by atoms with E-state index in [0.29, 0.717) is 0 Å². The molecule has 0 N–H and O–H groups in total. The highest BCUT2D eigenvalue weighted by molar-refractivity contribution is 9.10. The van der Waals surface area contributed by atoms with E-state index >= 15 is 0 Å². The summed E-state index contributed by atoms with van der Waals surface area (Å²) < 4.78 is 69.0. The van der Waals surface area contributed by atoms with Gasteiger partial charge < -0.3 is 4.74 Å². The maximum atomic E-state index is 13.4. The van der Waals surface area contributed by atoms with Gasteiger partial charge in [0.1, 0.15) is 5.69 Å². The van der Waals surface area contributed by atoms with Gasteiger partial charge in [-0.1, -0.05) is 22.0 Å². The summed E-state index contributed by atoms with van der Waals surface area (Å²) >= 11 is 2.92. The van der Waals surface area contributed by atoms with Crippen molar-refractivity contribution < 1.29 is 26.7 Å². The van der Waals surface area contributed by atoms with Crippen molar-refractivity contribution >= 4 is 15.9 Å². The molecular weight excluding hydrogens is 349 g/mol. The van der Waals surface area contributed by atoms with E-state index in [-0.39, 0.29) is 4.47 Å². The van der Waals surface area contributed by atoms with Crippen molar-refractivity contribution in [2.75, 3.05) is 0 Å². The van der Waals surface area contributed by atoms with Crippen LogP contribution in [0.4, 0.5) is 22.0 Å². The van der Waals surface area contributed by atoms with Crippen LogP contribution in [0.2, 0.25) is 0 Å². The molecule has 0 amide bonds. The Morgan fingerprint density at radius 2 is 1.80 bits per heavy atom. The summed E-state index contributed by atoms with van der Waals surface area (Å²) in [6.07, 6.45) is -4.65. The van der Waals surface area contributed by atoms with Crippen molar-refractivity contribution in [3.8, 4) is 11.6 Å². The fourth-order valence-corrected chi connectivity index (χ4v) is 1.76. The first-order valence-corrected chi connectivity index (χ1v) is 5.93. The first-order chi connectivity index (χ1) is 9.27. The highest BCUT2D eigenvalue weighted by Gasteiger charge is 2.32. The van der Waals surface area contributed by atoms with Crippen molar-refractivity contribution in [2.45, 2.75) is 6.18 Å². The van der Waals surface area contributed by atoms with Crippen molar-refractivity contribution in [3.05, 3.63) is 52.1 Å². The molecule has 106 valence electrons. The van der Waals surface area contributed by atoms with Crippen molar-refractivity contribution in [1.82, 2.24) is 4.98 Å². The summed E-state index contributed by atoms with van der Waals surface area (Å²) in [6, 6.07) is 4.84. The monoisotopic (exact) mass is 353 g/mol. The zero-order valence-electron chi connectivity index (χ0n) is 9.51. The van der Waals surface area contributed by atoms with Crippen LogP contribution in [0.3, 0.4) is 0 Å². The SMILES string of the molecule is Fc1cc(Br)cc(Oc2cccc(C(F)(F)F)n2)c1F. The van der Waals surface area contributed by atoms with E-state index in [1.54, 1.807) is 0 Å². The Kier molecular flexibility index (Phi) is 3.94. The van der Waals surface area contributed by atoms with Crippen LogP contribution in [0.1, 0.15) is 5.69 Å². The number of rotatable bonds is 2. The Labute approximate surface area is 118 Å². The summed E-state index contributed by atoms with van der Waals surface area (Å²) in [6.45, 7) is 0. The van der Waals surface area contributed by atoms with Gasteiger partial charge in [0.25, 0.3) is 0 Å². The smallest absolute Gasteiger partial charge is 0.433 e. The molecule has 0 spiro atoms. The molecule has 0 unspecified atom stereocenters. The normalized spacial score (nSPS) is 11.5. The molecule has 0 saturated heterocycles. The third-order valence-corrected chi connectivity index (χ3v) is 2.65. The largest absolute Gasteiger partial charge is 0.436 e. The fourth-order valence-electron chi connectivity index (χ4n) is 1.35. The lowest BCUT2D eigenvalue weighted by Crippen LogP contribution is -2.08. The molecule has 2 aromatic rings. The molecule has 1 aromatic heterocycles. The van der Waals surface area contributed by atoms with E-state index in [4.69, 9.17) is 4.74 Å². The second-order valence-electron chi connectivity index (χ2n) is 3.66. The number of nitrogens with zero attached hydrogens (tertiary/aromatic N) is 1. The summed E-state index contributed by atoms with van der Waals surface area (Å²) in [5.74, 6) is -3.56. The van der Waals surface area contributed by atoms with Crippen LogP contribution in [0.15, 0.2) is 34.8 Å². The number of benzene rings is 1. The van der Waals surface area contributed by atoms with E-state index in [9.17, 15) is 22.0 Å². The van der Waals surface area contributed by atoms with Gasteiger partial charge in [0.2, 0.25) is 11.7 Å². The number of aromatic nitrogens is 1. The van der Waals surface area contributed by atoms with Gasteiger partial charge in [-0.25, -0.2) is 9.37 Å². The Hall–Kier alpha value is -1.70. The lowest BCUT2D eigenvalue weighted by molar-refractivity contribution is -0.141. The van der Waals surface area contributed by atoms with Gasteiger partial charge in [0, 0.05) is 10.5 Å². The average Bonchev–Trinajstić information content (AvgIpc) is 2.35. The van der Waals surface area contributed by atoms with E-state index in [2.05, 4.69) is 20.9 Å². The molecule has 1 heterocycles. The summed E-state index contributed by atoms with van der Waals surface area (Å²) in [5.41, 5.74) is -1.19. The number of pyridine rings is 1. The fraction of sp³-hybridized carbons (Fsp3) is 0.0833. The molecule has 2 nitrogen and oxygen atoms in total. The molecule has 0 bridgehead atoms. The maximum Gasteiger partial charge on any atom is 0.433 e. The Morgan fingerprint density at radius 3 is 2.45 bits per heavy atom. The predicted molar refractivity (Wildman–Crippen MR) is 63.4 cm³/mol. The first kappa shape index (κ1) is 14.7. The van der Waals surface area contributed by atoms with Crippen LogP contribution < -0.4 is 4.74 Å². The van der Waals surface area contributed by atoms with Gasteiger partial charge >= 0.3 is 6.18 Å². The lowest BCUT2D eigenvalue weighted by atomic mass is 10.3. The van der Waals surface area contributed by atoms with Crippen molar-refractivity contribution in [1.29, 1.82) is 0 Å². The standard InChI is InChI=1S/C12H5BrF5NO/c13-6-4-7(14)11(15)8(5-6)20-10-3-1-2-9(19-10)12(16,17)18/h1-5H. The minimum absolute atomic E-state index is 0.179. The average molecular weight is 354 g/mol. The molecular formula is C12H5BrF5NO. The second kappa shape index (κ2) is 5.35. The number of halogens is 6. The molecule has 0 fully saturated rings. The van der Waals surface area contributed by atoms with E-state index < -0.39 is 35.1 Å². The summed E-state index contributed by atoms with van der Waals surface area (Å²) in [5, 5.41) is 0. The number of ether oxygens (including phenoxy) is 1. The highest BCUT2D eigenvalue weighted by Crippen LogP contribution is 2.32. The summed E-state index contributed by atoms with van der Waals surface area (Å²) in [4.78, 5) is 3.19. The molecule has 0 aliphatic heterocycles. The number of hydrogen-bond donors (Lipinski definition) is 0. The van der Waals surface area contributed by atoms with Gasteiger partial charge in [-0.15, -0.1) is 0 Å². The third kappa shape index (κ3) is 3.24. The van der Waals surface area contributed by atoms with Gasteiger partial charge in [-0.2, -0.15) is 17.6 Å². The van der Waals surface area contributed by atoms with Crippen LogP contribution in [0.25, 0.3) is 0 Å². The molecule has 0 aliphatic rings. The molecule has 0 atom stereocenters. The van der Waals surface area contributed by atoms with Crippen molar-refractivity contribution in [2.24, 2.45) is 0 Å². The van der Waals surface area contributed by atoms with Gasteiger partial charge in [-0.3, -0.25) is 0 Å². The third-order valence-electron chi connectivity index (χ3n) is 2.19. The van der Waals surface area contributed by atoms with Crippen LogP contribution in [0.5, 0.6) is 11.6 Å². The van der Waals surface area contributed by atoms with Crippen molar-refractivity contribution in [3.63, 3.8) is 0 Å². The predicted octanol–water partition coefficient (Wildman–Crippen LogP) is 4.93. The molecule has 8 heteroatoms. The zero-order chi connectivity index (χ0) is 14.9.